The van der Waals surface area contributed by atoms with Gasteiger partial charge in [-0.15, -0.1) is 11.3 Å². The van der Waals surface area contributed by atoms with Crippen LogP contribution in [-0.4, -0.2) is 22.3 Å². The monoisotopic (exact) mass is 330 g/mol. The molecule has 1 aliphatic carbocycles. The van der Waals surface area contributed by atoms with Crippen LogP contribution < -0.4 is 0 Å². The summed E-state index contributed by atoms with van der Waals surface area (Å²) in [4.78, 5) is 19.3. The summed E-state index contributed by atoms with van der Waals surface area (Å²) >= 11 is 1.62. The van der Waals surface area contributed by atoms with Crippen LogP contribution in [0.25, 0.3) is 0 Å². The molecule has 3 nitrogen and oxygen atoms in total. The van der Waals surface area contributed by atoms with Crippen molar-refractivity contribution in [3.8, 4) is 0 Å². The number of rotatable bonds is 3. The average Bonchev–Trinajstić information content (AvgIpc) is 3.18. The first-order chi connectivity index (χ1) is 11.3. The lowest BCUT2D eigenvalue weighted by atomic mass is 10.0. The van der Waals surface area contributed by atoms with Gasteiger partial charge in [0.2, 0.25) is 5.91 Å². The highest BCUT2D eigenvalue weighted by Crippen LogP contribution is 2.50. The van der Waals surface area contributed by atoms with Gasteiger partial charge < -0.3 is 4.90 Å². The van der Waals surface area contributed by atoms with Crippen molar-refractivity contribution in [1.29, 1.82) is 0 Å². The molecule has 0 unspecified atom stereocenters. The van der Waals surface area contributed by atoms with E-state index in [0.29, 0.717) is 5.56 Å². The minimum absolute atomic E-state index is 0.0440. The number of halogens is 1. The van der Waals surface area contributed by atoms with Gasteiger partial charge in [0.25, 0.3) is 0 Å². The third-order valence-corrected chi connectivity index (χ3v) is 5.81. The third kappa shape index (κ3) is 2.78. The molecule has 0 spiro atoms. The van der Waals surface area contributed by atoms with Gasteiger partial charge in [0.15, 0.2) is 0 Å². The molecule has 3 atom stereocenters. The smallest absolute Gasteiger partial charge is 0.226 e. The van der Waals surface area contributed by atoms with Gasteiger partial charge in [-0.3, -0.25) is 4.79 Å². The molecule has 2 aromatic rings. The molecule has 2 heterocycles. The Labute approximate surface area is 139 Å². The van der Waals surface area contributed by atoms with Gasteiger partial charge in [0.1, 0.15) is 10.8 Å². The van der Waals surface area contributed by atoms with E-state index < -0.39 is 0 Å². The fourth-order valence-electron chi connectivity index (χ4n) is 3.65. The van der Waals surface area contributed by atoms with Gasteiger partial charge in [-0.2, -0.15) is 0 Å². The lowest BCUT2D eigenvalue weighted by Crippen LogP contribution is -2.39. The van der Waals surface area contributed by atoms with Gasteiger partial charge in [0.05, 0.1) is 6.04 Å². The van der Waals surface area contributed by atoms with Gasteiger partial charge in [-0.05, 0) is 43.2 Å². The lowest BCUT2D eigenvalue weighted by Gasteiger charge is -2.34. The van der Waals surface area contributed by atoms with Crippen molar-refractivity contribution in [1.82, 2.24) is 9.88 Å². The Bertz CT molecular complexity index is 703. The molecule has 0 radical (unpaired) electrons. The fourth-order valence-corrected chi connectivity index (χ4v) is 4.44. The molecule has 1 saturated carbocycles. The van der Waals surface area contributed by atoms with Crippen LogP contribution in [0.4, 0.5) is 4.39 Å². The van der Waals surface area contributed by atoms with E-state index in [-0.39, 0.29) is 29.6 Å². The Morgan fingerprint density at radius 3 is 2.96 bits per heavy atom. The molecular formula is C18H19FN2OS. The normalized spacial score (nSPS) is 27.0. The maximum Gasteiger partial charge on any atom is 0.226 e. The maximum absolute atomic E-state index is 13.9. The molecular weight excluding hydrogens is 311 g/mol. The molecule has 1 aromatic carbocycles. The minimum atomic E-state index is -0.192. The molecule has 1 aliphatic heterocycles. The van der Waals surface area contributed by atoms with Gasteiger partial charge in [0, 0.05) is 24.0 Å². The van der Waals surface area contributed by atoms with E-state index in [4.69, 9.17) is 0 Å². The van der Waals surface area contributed by atoms with Gasteiger partial charge >= 0.3 is 0 Å². The van der Waals surface area contributed by atoms with E-state index in [0.717, 1.165) is 37.2 Å². The number of piperidine rings is 1. The number of benzene rings is 1. The van der Waals surface area contributed by atoms with E-state index in [1.165, 1.54) is 6.07 Å². The molecule has 1 amide bonds. The Kier molecular flexibility index (Phi) is 3.89. The predicted octanol–water partition coefficient (Wildman–Crippen LogP) is 4.14. The first-order valence-corrected chi connectivity index (χ1v) is 9.08. The van der Waals surface area contributed by atoms with Crippen molar-refractivity contribution in [2.24, 2.45) is 5.92 Å². The molecule has 120 valence electrons. The first-order valence-electron chi connectivity index (χ1n) is 8.20. The Hall–Kier alpha value is -1.75. The summed E-state index contributed by atoms with van der Waals surface area (Å²) in [5.41, 5.74) is 0.689. The van der Waals surface area contributed by atoms with Crippen LogP contribution in [0.15, 0.2) is 35.8 Å². The number of hydrogen-bond acceptors (Lipinski definition) is 3. The van der Waals surface area contributed by atoms with Crippen LogP contribution >= 0.6 is 11.3 Å². The molecule has 2 fully saturated rings. The minimum Gasteiger partial charge on any atom is -0.333 e. The van der Waals surface area contributed by atoms with Crippen LogP contribution in [0.3, 0.4) is 0 Å². The second-order valence-corrected chi connectivity index (χ2v) is 7.31. The Morgan fingerprint density at radius 1 is 1.30 bits per heavy atom. The highest BCUT2D eigenvalue weighted by molar-refractivity contribution is 7.09. The lowest BCUT2D eigenvalue weighted by molar-refractivity contribution is -0.136. The maximum atomic E-state index is 13.9. The second kappa shape index (κ2) is 6.04. The summed E-state index contributed by atoms with van der Waals surface area (Å²) in [7, 11) is 0. The summed E-state index contributed by atoms with van der Waals surface area (Å²) in [6, 6.07) is 6.94. The second-order valence-electron chi connectivity index (χ2n) is 6.38. The van der Waals surface area contributed by atoms with Crippen LogP contribution in [0, 0.1) is 11.7 Å². The summed E-state index contributed by atoms with van der Waals surface area (Å²) in [5.74, 6) is -0.0314. The Morgan fingerprint density at radius 2 is 2.17 bits per heavy atom. The zero-order chi connectivity index (χ0) is 15.8. The molecule has 4 rings (SSSR count). The van der Waals surface area contributed by atoms with Crippen molar-refractivity contribution in [3.05, 3.63) is 52.2 Å². The molecule has 1 saturated heterocycles. The topological polar surface area (TPSA) is 33.2 Å². The van der Waals surface area contributed by atoms with Crippen LogP contribution in [0.1, 0.15) is 48.2 Å². The molecule has 2 aliphatic rings. The van der Waals surface area contributed by atoms with Crippen LogP contribution in [0.5, 0.6) is 0 Å². The van der Waals surface area contributed by atoms with Crippen molar-refractivity contribution in [2.45, 2.75) is 37.6 Å². The number of likely N-dealkylation sites (tertiary alicyclic amines) is 1. The van der Waals surface area contributed by atoms with Gasteiger partial charge in [-0.1, -0.05) is 18.2 Å². The van der Waals surface area contributed by atoms with E-state index >= 15 is 0 Å². The van der Waals surface area contributed by atoms with Crippen LogP contribution in [0.2, 0.25) is 0 Å². The van der Waals surface area contributed by atoms with Crippen molar-refractivity contribution < 1.29 is 9.18 Å². The van der Waals surface area contributed by atoms with Crippen molar-refractivity contribution in [2.75, 3.05) is 6.54 Å². The highest BCUT2D eigenvalue weighted by Gasteiger charge is 2.48. The molecule has 1 aromatic heterocycles. The Balaban J connectivity index is 1.51. The summed E-state index contributed by atoms with van der Waals surface area (Å²) in [6.45, 7) is 0.795. The number of aromatic nitrogens is 1. The fraction of sp³-hybridized carbons (Fsp3) is 0.444. The van der Waals surface area contributed by atoms with Crippen molar-refractivity contribution >= 4 is 17.2 Å². The molecule has 0 N–H and O–H groups in total. The quantitative estimate of drug-likeness (QED) is 0.847. The predicted molar refractivity (Wildman–Crippen MR) is 87.7 cm³/mol. The summed E-state index contributed by atoms with van der Waals surface area (Å²) in [6.07, 6.45) is 5.73. The van der Waals surface area contributed by atoms with E-state index in [2.05, 4.69) is 4.98 Å². The molecule has 5 heteroatoms. The van der Waals surface area contributed by atoms with Crippen LogP contribution in [-0.2, 0) is 4.79 Å². The number of hydrogen-bond donors (Lipinski definition) is 0. The molecule has 0 bridgehead atoms. The number of carbonyl (C=O) groups is 1. The SMILES string of the molecule is O=C([C@@H]1C[C@@H]1c1ccccc1F)N1CCCC[C@@H]1c1nccs1. The third-order valence-electron chi connectivity index (χ3n) is 4.93. The highest BCUT2D eigenvalue weighted by atomic mass is 32.1. The average molecular weight is 330 g/mol. The molecule has 23 heavy (non-hydrogen) atoms. The first kappa shape index (κ1) is 14.8. The summed E-state index contributed by atoms with van der Waals surface area (Å²) in [5, 5.41) is 2.99. The van der Waals surface area contributed by atoms with E-state index in [9.17, 15) is 9.18 Å². The number of nitrogens with zero attached hydrogens (tertiary/aromatic N) is 2. The van der Waals surface area contributed by atoms with E-state index in [1.54, 1.807) is 23.6 Å². The summed E-state index contributed by atoms with van der Waals surface area (Å²) < 4.78 is 13.9. The number of amides is 1. The van der Waals surface area contributed by atoms with Crippen molar-refractivity contribution in [3.63, 3.8) is 0 Å². The zero-order valence-corrected chi connectivity index (χ0v) is 13.6. The largest absolute Gasteiger partial charge is 0.333 e. The van der Waals surface area contributed by atoms with Gasteiger partial charge in [-0.25, -0.2) is 9.37 Å². The number of carbonyl (C=O) groups excluding carboxylic acids is 1. The standard InChI is InChI=1S/C18H19FN2OS/c19-15-6-2-1-5-12(15)13-11-14(13)18(22)21-9-4-3-7-16(21)17-20-8-10-23-17/h1-2,5-6,8,10,13-14,16H,3-4,7,9,11H2/t13-,14-,16-/m1/s1. The number of thiazole rings is 1. The zero-order valence-electron chi connectivity index (χ0n) is 12.8. The van der Waals surface area contributed by atoms with E-state index in [1.807, 2.05) is 22.4 Å².